The number of carbonyl (C=O) groups excluding carboxylic acids is 1. The second-order valence-electron chi connectivity index (χ2n) is 6.12. The molecule has 1 fully saturated rings. The molecule has 1 aliphatic rings. The lowest BCUT2D eigenvalue weighted by atomic mass is 9.99. The summed E-state index contributed by atoms with van der Waals surface area (Å²) in [5.41, 5.74) is 3.77. The van der Waals surface area contributed by atoms with E-state index in [-0.39, 0.29) is 19.1 Å². The number of aliphatic hydroxyl groups is 1. The molecule has 1 amide bonds. The van der Waals surface area contributed by atoms with Crippen molar-refractivity contribution in [2.75, 3.05) is 19.8 Å². The van der Waals surface area contributed by atoms with Gasteiger partial charge in [0.15, 0.2) is 0 Å². The fourth-order valence-corrected chi connectivity index (χ4v) is 2.55. The Morgan fingerprint density at radius 2 is 1.95 bits per heavy atom. The number of carbonyl (C=O) groups is 1. The Labute approximate surface area is 126 Å². The summed E-state index contributed by atoms with van der Waals surface area (Å²) in [6.07, 6.45) is 1.82. The molecule has 0 bridgehead atoms. The number of hydrogen-bond acceptors (Lipinski definition) is 3. The number of nitrogens with one attached hydrogen (secondary N) is 1. The standard InChI is InChI=1S/C17H25NO3/c1-11-6-12(2)16(13(3)7-11)17(20)18-8-15(19)10-21-9-14-4-5-14/h6-7,14-15,19H,4-5,8-10H2,1-3H3,(H,18,20). The predicted molar refractivity (Wildman–Crippen MR) is 82.5 cm³/mol. The fraction of sp³-hybridized carbons (Fsp3) is 0.588. The van der Waals surface area contributed by atoms with E-state index < -0.39 is 6.10 Å². The lowest BCUT2D eigenvalue weighted by Crippen LogP contribution is -2.35. The van der Waals surface area contributed by atoms with Crippen molar-refractivity contribution in [2.45, 2.75) is 39.7 Å². The highest BCUT2D eigenvalue weighted by Crippen LogP contribution is 2.28. The molecular weight excluding hydrogens is 266 g/mol. The lowest BCUT2D eigenvalue weighted by Gasteiger charge is -2.15. The largest absolute Gasteiger partial charge is 0.389 e. The molecule has 2 N–H and O–H groups in total. The fourth-order valence-electron chi connectivity index (χ4n) is 2.55. The number of hydrogen-bond donors (Lipinski definition) is 2. The second kappa shape index (κ2) is 7.05. The summed E-state index contributed by atoms with van der Waals surface area (Å²) < 4.78 is 5.42. The number of amides is 1. The minimum atomic E-state index is -0.654. The topological polar surface area (TPSA) is 58.6 Å². The van der Waals surface area contributed by atoms with Crippen LogP contribution < -0.4 is 5.32 Å². The Morgan fingerprint density at radius 1 is 1.33 bits per heavy atom. The Balaban J connectivity index is 1.80. The van der Waals surface area contributed by atoms with Gasteiger partial charge in [-0.15, -0.1) is 0 Å². The first-order valence-electron chi connectivity index (χ1n) is 7.59. The van der Waals surface area contributed by atoms with Crippen LogP contribution in [-0.4, -0.2) is 36.9 Å². The maximum absolute atomic E-state index is 12.2. The average molecular weight is 291 g/mol. The summed E-state index contributed by atoms with van der Waals surface area (Å²) in [6.45, 7) is 7.11. The third-order valence-corrected chi connectivity index (χ3v) is 3.76. The van der Waals surface area contributed by atoms with Gasteiger partial charge in [-0.3, -0.25) is 4.79 Å². The number of aliphatic hydroxyl groups excluding tert-OH is 1. The van der Waals surface area contributed by atoms with Crippen molar-refractivity contribution >= 4 is 5.91 Å². The molecule has 0 radical (unpaired) electrons. The molecule has 0 heterocycles. The number of aryl methyl sites for hydroxylation is 3. The van der Waals surface area contributed by atoms with Gasteiger partial charge in [0.25, 0.3) is 5.91 Å². The van der Waals surface area contributed by atoms with Crippen molar-refractivity contribution in [3.05, 3.63) is 34.4 Å². The van der Waals surface area contributed by atoms with E-state index in [1.807, 2.05) is 32.9 Å². The summed E-state index contributed by atoms with van der Waals surface area (Å²) in [4.78, 5) is 12.2. The Morgan fingerprint density at radius 3 is 2.52 bits per heavy atom. The van der Waals surface area contributed by atoms with Crippen LogP contribution in [0.25, 0.3) is 0 Å². The smallest absolute Gasteiger partial charge is 0.251 e. The van der Waals surface area contributed by atoms with Gasteiger partial charge in [0, 0.05) is 18.7 Å². The average Bonchev–Trinajstić information content (AvgIpc) is 3.19. The van der Waals surface area contributed by atoms with Crippen LogP contribution in [0.3, 0.4) is 0 Å². The number of rotatable bonds is 7. The van der Waals surface area contributed by atoms with Crippen LogP contribution in [0.1, 0.15) is 39.9 Å². The monoisotopic (exact) mass is 291 g/mol. The molecule has 0 spiro atoms. The van der Waals surface area contributed by atoms with Crippen LogP contribution in [0.5, 0.6) is 0 Å². The van der Waals surface area contributed by atoms with E-state index in [0.717, 1.165) is 23.3 Å². The van der Waals surface area contributed by atoms with Crippen LogP contribution in [0.4, 0.5) is 0 Å². The van der Waals surface area contributed by atoms with E-state index in [1.165, 1.54) is 12.8 Å². The van der Waals surface area contributed by atoms with E-state index in [2.05, 4.69) is 5.32 Å². The van der Waals surface area contributed by atoms with Crippen molar-refractivity contribution in [2.24, 2.45) is 5.92 Å². The molecule has 1 aliphatic carbocycles. The zero-order valence-corrected chi connectivity index (χ0v) is 13.1. The van der Waals surface area contributed by atoms with Crippen LogP contribution in [0, 0.1) is 26.7 Å². The molecule has 1 aromatic carbocycles. The zero-order chi connectivity index (χ0) is 15.4. The summed E-state index contributed by atoms with van der Waals surface area (Å²) in [5.74, 6) is 0.552. The quantitative estimate of drug-likeness (QED) is 0.809. The second-order valence-corrected chi connectivity index (χ2v) is 6.12. The van der Waals surface area contributed by atoms with Crippen molar-refractivity contribution < 1.29 is 14.6 Å². The summed E-state index contributed by atoms with van der Waals surface area (Å²) >= 11 is 0. The van der Waals surface area contributed by atoms with Gasteiger partial charge in [-0.1, -0.05) is 17.7 Å². The third-order valence-electron chi connectivity index (χ3n) is 3.76. The summed E-state index contributed by atoms with van der Waals surface area (Å²) in [5, 5.41) is 12.6. The van der Waals surface area contributed by atoms with Gasteiger partial charge in [0.1, 0.15) is 0 Å². The van der Waals surface area contributed by atoms with Crippen LogP contribution in [0.15, 0.2) is 12.1 Å². The first-order valence-corrected chi connectivity index (χ1v) is 7.59. The maximum Gasteiger partial charge on any atom is 0.251 e. The van der Waals surface area contributed by atoms with E-state index in [4.69, 9.17) is 4.74 Å². The molecule has 0 aromatic heterocycles. The van der Waals surface area contributed by atoms with Gasteiger partial charge in [0.2, 0.25) is 0 Å². The Kier molecular flexibility index (Phi) is 5.37. The van der Waals surface area contributed by atoms with E-state index >= 15 is 0 Å². The van der Waals surface area contributed by atoms with Crippen molar-refractivity contribution in [3.8, 4) is 0 Å². The summed E-state index contributed by atoms with van der Waals surface area (Å²) in [7, 11) is 0. The first-order chi connectivity index (χ1) is 9.97. The molecule has 21 heavy (non-hydrogen) atoms. The molecular formula is C17H25NO3. The van der Waals surface area contributed by atoms with Crippen molar-refractivity contribution in [1.82, 2.24) is 5.32 Å². The molecule has 4 heteroatoms. The molecule has 4 nitrogen and oxygen atoms in total. The van der Waals surface area contributed by atoms with Gasteiger partial charge in [-0.05, 0) is 50.7 Å². The van der Waals surface area contributed by atoms with Gasteiger partial charge in [-0.2, -0.15) is 0 Å². The van der Waals surface area contributed by atoms with Gasteiger partial charge in [0.05, 0.1) is 12.7 Å². The minimum absolute atomic E-state index is 0.133. The highest BCUT2D eigenvalue weighted by Gasteiger charge is 2.21. The predicted octanol–water partition coefficient (Wildman–Crippen LogP) is 2.13. The van der Waals surface area contributed by atoms with Crippen LogP contribution >= 0.6 is 0 Å². The van der Waals surface area contributed by atoms with Gasteiger partial charge in [-0.25, -0.2) is 0 Å². The van der Waals surface area contributed by atoms with Gasteiger partial charge >= 0.3 is 0 Å². The summed E-state index contributed by atoms with van der Waals surface area (Å²) in [6, 6.07) is 3.99. The minimum Gasteiger partial charge on any atom is -0.389 e. The Hall–Kier alpha value is -1.39. The highest BCUT2D eigenvalue weighted by molar-refractivity contribution is 5.97. The first kappa shape index (κ1) is 16.0. The van der Waals surface area contributed by atoms with E-state index in [1.54, 1.807) is 0 Å². The molecule has 1 atom stereocenters. The number of benzene rings is 1. The van der Waals surface area contributed by atoms with Crippen LogP contribution in [0.2, 0.25) is 0 Å². The normalized spacial score (nSPS) is 15.8. The van der Waals surface area contributed by atoms with Crippen molar-refractivity contribution in [3.63, 3.8) is 0 Å². The lowest BCUT2D eigenvalue weighted by molar-refractivity contribution is 0.0320. The van der Waals surface area contributed by atoms with Gasteiger partial charge < -0.3 is 15.2 Å². The highest BCUT2D eigenvalue weighted by atomic mass is 16.5. The molecule has 1 unspecified atom stereocenters. The zero-order valence-electron chi connectivity index (χ0n) is 13.1. The molecule has 1 aromatic rings. The molecule has 116 valence electrons. The third kappa shape index (κ3) is 4.83. The van der Waals surface area contributed by atoms with E-state index in [0.29, 0.717) is 11.5 Å². The molecule has 0 aliphatic heterocycles. The van der Waals surface area contributed by atoms with E-state index in [9.17, 15) is 9.90 Å². The molecule has 2 rings (SSSR count). The SMILES string of the molecule is Cc1cc(C)c(C(=O)NCC(O)COCC2CC2)c(C)c1. The maximum atomic E-state index is 12.2. The number of ether oxygens (including phenoxy) is 1. The Bertz CT molecular complexity index is 486. The molecule has 1 saturated carbocycles. The van der Waals surface area contributed by atoms with Crippen LogP contribution in [-0.2, 0) is 4.74 Å². The molecule has 0 saturated heterocycles. The van der Waals surface area contributed by atoms with Crippen molar-refractivity contribution in [1.29, 1.82) is 0 Å².